The molecule has 1 aromatic carbocycles. The highest BCUT2D eigenvalue weighted by molar-refractivity contribution is 7.19. The summed E-state index contributed by atoms with van der Waals surface area (Å²) in [6.07, 6.45) is 0.789. The van der Waals surface area contributed by atoms with Crippen molar-refractivity contribution >= 4 is 21.4 Å². The van der Waals surface area contributed by atoms with Gasteiger partial charge in [-0.25, -0.2) is 8.78 Å². The zero-order valence-corrected chi connectivity index (χ0v) is 9.13. The maximum absolute atomic E-state index is 13.1. The molecule has 15 heavy (non-hydrogen) atoms. The van der Waals surface area contributed by atoms with Gasteiger partial charge in [-0.1, -0.05) is 6.92 Å². The molecule has 0 saturated carbocycles. The average Bonchev–Trinajstić information content (AvgIpc) is 2.56. The second-order valence-corrected chi connectivity index (χ2v) is 4.46. The molecule has 0 bridgehead atoms. The lowest BCUT2D eigenvalue weighted by atomic mass is 10.1. The van der Waals surface area contributed by atoms with Crippen LogP contribution < -0.4 is 5.73 Å². The number of nitrogens with two attached hydrogens (primary N) is 1. The van der Waals surface area contributed by atoms with E-state index in [0.29, 0.717) is 6.54 Å². The van der Waals surface area contributed by atoms with Crippen LogP contribution in [-0.2, 0) is 13.0 Å². The highest BCUT2D eigenvalue weighted by atomic mass is 32.1. The molecule has 0 amide bonds. The Bertz CT molecular complexity index is 505. The molecule has 0 radical (unpaired) electrons. The molecule has 1 nitrogen and oxygen atoms in total. The van der Waals surface area contributed by atoms with Gasteiger partial charge in [0.2, 0.25) is 0 Å². The third-order valence-electron chi connectivity index (χ3n) is 2.46. The van der Waals surface area contributed by atoms with Gasteiger partial charge < -0.3 is 5.73 Å². The summed E-state index contributed by atoms with van der Waals surface area (Å²) >= 11 is 1.44. The fraction of sp³-hybridized carbons (Fsp3) is 0.273. The predicted octanol–water partition coefficient (Wildman–Crippen LogP) is 3.20. The van der Waals surface area contributed by atoms with E-state index >= 15 is 0 Å². The van der Waals surface area contributed by atoms with E-state index in [2.05, 4.69) is 0 Å². The average molecular weight is 227 g/mol. The summed E-state index contributed by atoms with van der Waals surface area (Å²) in [5.74, 6) is -1.59. The van der Waals surface area contributed by atoms with Crippen LogP contribution in [0.5, 0.6) is 0 Å². The summed E-state index contributed by atoms with van der Waals surface area (Å²) < 4.78 is 26.8. The predicted molar refractivity (Wildman–Crippen MR) is 59.0 cm³/mol. The molecule has 0 fully saturated rings. The first-order valence-corrected chi connectivity index (χ1v) is 5.58. The number of hydrogen-bond donors (Lipinski definition) is 1. The monoisotopic (exact) mass is 227 g/mol. The fourth-order valence-corrected chi connectivity index (χ4v) is 2.93. The number of halogens is 2. The van der Waals surface area contributed by atoms with E-state index in [9.17, 15) is 8.78 Å². The molecule has 2 N–H and O–H groups in total. The Morgan fingerprint density at radius 3 is 2.53 bits per heavy atom. The maximum atomic E-state index is 13.1. The number of hydrogen-bond acceptors (Lipinski definition) is 2. The molecule has 1 heterocycles. The van der Waals surface area contributed by atoms with E-state index in [0.717, 1.165) is 26.9 Å². The minimum absolute atomic E-state index is 0.422. The van der Waals surface area contributed by atoms with Crippen LogP contribution in [0.3, 0.4) is 0 Å². The normalized spacial score (nSPS) is 11.2. The third-order valence-corrected chi connectivity index (χ3v) is 3.67. The number of rotatable bonds is 2. The molecule has 0 unspecified atom stereocenters. The van der Waals surface area contributed by atoms with Crippen LogP contribution in [0.1, 0.15) is 17.4 Å². The van der Waals surface area contributed by atoms with Crippen molar-refractivity contribution in [1.82, 2.24) is 0 Å². The fourth-order valence-electron chi connectivity index (χ4n) is 1.75. The smallest absolute Gasteiger partial charge is 0.160 e. The van der Waals surface area contributed by atoms with Crippen molar-refractivity contribution < 1.29 is 8.78 Å². The van der Waals surface area contributed by atoms with E-state index in [4.69, 9.17) is 5.73 Å². The SMILES string of the molecule is CCc1c(CN)sc2cc(F)c(F)cc12. The maximum Gasteiger partial charge on any atom is 0.160 e. The zero-order valence-electron chi connectivity index (χ0n) is 8.31. The molecule has 0 aliphatic heterocycles. The molecule has 2 rings (SSSR count). The quantitative estimate of drug-likeness (QED) is 0.837. The van der Waals surface area contributed by atoms with Crippen molar-refractivity contribution in [1.29, 1.82) is 0 Å². The number of thiophene rings is 1. The Balaban J connectivity index is 2.77. The van der Waals surface area contributed by atoms with E-state index in [-0.39, 0.29) is 0 Å². The van der Waals surface area contributed by atoms with Crippen molar-refractivity contribution in [2.75, 3.05) is 0 Å². The van der Waals surface area contributed by atoms with Crippen LogP contribution in [0, 0.1) is 11.6 Å². The standard InChI is InChI=1S/C11H11F2NS/c1-2-6-7-3-8(12)9(13)4-10(7)15-11(6)5-14/h3-4H,2,5,14H2,1H3. The lowest BCUT2D eigenvalue weighted by Crippen LogP contribution is -1.96. The van der Waals surface area contributed by atoms with Crippen LogP contribution in [0.15, 0.2) is 12.1 Å². The van der Waals surface area contributed by atoms with E-state index in [1.165, 1.54) is 23.5 Å². The van der Waals surface area contributed by atoms with Gasteiger partial charge in [0, 0.05) is 16.1 Å². The molecule has 1 aromatic heterocycles. The lowest BCUT2D eigenvalue weighted by Gasteiger charge is -1.98. The molecule has 0 aliphatic carbocycles. The number of fused-ring (bicyclic) bond motifs is 1. The Morgan fingerprint density at radius 2 is 1.93 bits per heavy atom. The van der Waals surface area contributed by atoms with Gasteiger partial charge in [0.15, 0.2) is 11.6 Å². The Labute approximate surface area is 90.5 Å². The first-order valence-electron chi connectivity index (χ1n) is 4.76. The van der Waals surface area contributed by atoms with Crippen LogP contribution in [-0.4, -0.2) is 0 Å². The van der Waals surface area contributed by atoms with Gasteiger partial charge in [-0.3, -0.25) is 0 Å². The van der Waals surface area contributed by atoms with Crippen molar-refractivity contribution in [3.63, 3.8) is 0 Å². The van der Waals surface area contributed by atoms with Gasteiger partial charge in [0.1, 0.15) is 0 Å². The Kier molecular flexibility index (Phi) is 2.71. The van der Waals surface area contributed by atoms with E-state index in [1.54, 1.807) is 0 Å². The van der Waals surface area contributed by atoms with Crippen LogP contribution in [0.2, 0.25) is 0 Å². The minimum atomic E-state index is -0.796. The zero-order chi connectivity index (χ0) is 11.0. The molecular formula is C11H11F2NS. The highest BCUT2D eigenvalue weighted by Gasteiger charge is 2.12. The summed E-state index contributed by atoms with van der Waals surface area (Å²) in [7, 11) is 0. The van der Waals surface area contributed by atoms with Gasteiger partial charge in [-0.05, 0) is 29.5 Å². The molecule has 0 atom stereocenters. The molecule has 80 valence electrons. The highest BCUT2D eigenvalue weighted by Crippen LogP contribution is 2.32. The Morgan fingerprint density at radius 1 is 1.27 bits per heavy atom. The molecule has 4 heteroatoms. The molecule has 0 spiro atoms. The number of aryl methyl sites for hydroxylation is 1. The van der Waals surface area contributed by atoms with Gasteiger partial charge in [0.05, 0.1) is 0 Å². The van der Waals surface area contributed by atoms with E-state index in [1.807, 2.05) is 6.92 Å². The van der Waals surface area contributed by atoms with Gasteiger partial charge in [-0.2, -0.15) is 0 Å². The van der Waals surface area contributed by atoms with Gasteiger partial charge in [0.25, 0.3) is 0 Å². The Hall–Kier alpha value is -1.00. The first-order chi connectivity index (χ1) is 7.17. The topological polar surface area (TPSA) is 26.0 Å². The summed E-state index contributed by atoms with van der Waals surface area (Å²) in [5.41, 5.74) is 6.63. The summed E-state index contributed by atoms with van der Waals surface area (Å²) in [4.78, 5) is 1.01. The molecular weight excluding hydrogens is 216 g/mol. The summed E-state index contributed by atoms with van der Waals surface area (Å²) in [5, 5.41) is 0.793. The van der Waals surface area contributed by atoms with Crippen molar-refractivity contribution in [3.05, 3.63) is 34.2 Å². The van der Waals surface area contributed by atoms with Gasteiger partial charge >= 0.3 is 0 Å². The molecule has 0 aliphatic rings. The molecule has 2 aromatic rings. The van der Waals surface area contributed by atoms with Crippen molar-refractivity contribution in [3.8, 4) is 0 Å². The van der Waals surface area contributed by atoms with Crippen LogP contribution in [0.4, 0.5) is 8.78 Å². The second-order valence-electron chi connectivity index (χ2n) is 3.32. The summed E-state index contributed by atoms with van der Waals surface area (Å²) in [6.45, 7) is 2.41. The minimum Gasteiger partial charge on any atom is -0.326 e. The molecule has 0 saturated heterocycles. The van der Waals surface area contributed by atoms with Crippen molar-refractivity contribution in [2.45, 2.75) is 19.9 Å². The van der Waals surface area contributed by atoms with Crippen molar-refractivity contribution in [2.24, 2.45) is 5.73 Å². The summed E-state index contributed by atoms with van der Waals surface area (Å²) in [6, 6.07) is 2.51. The second kappa shape index (κ2) is 3.87. The first kappa shape index (κ1) is 10.5. The lowest BCUT2D eigenvalue weighted by molar-refractivity contribution is 0.511. The largest absolute Gasteiger partial charge is 0.326 e. The van der Waals surface area contributed by atoms with Crippen LogP contribution in [0.25, 0.3) is 10.1 Å². The van der Waals surface area contributed by atoms with Gasteiger partial charge in [-0.15, -0.1) is 11.3 Å². The number of benzene rings is 1. The third kappa shape index (κ3) is 1.64. The van der Waals surface area contributed by atoms with E-state index < -0.39 is 11.6 Å². The van der Waals surface area contributed by atoms with Crippen LogP contribution >= 0.6 is 11.3 Å².